The summed E-state index contributed by atoms with van der Waals surface area (Å²) in [6.45, 7) is 6.97. The van der Waals surface area contributed by atoms with Gasteiger partial charge in [-0.05, 0) is 62.4 Å². The number of hydrogen-bond acceptors (Lipinski definition) is 2. The average molecular weight is 323 g/mol. The number of carbonyl (C=O) groups excluding carboxylic acids is 1. The number of hydrogen-bond donors (Lipinski definition) is 2. The van der Waals surface area contributed by atoms with Gasteiger partial charge in [0.1, 0.15) is 0 Å². The first-order chi connectivity index (χ1) is 10.5. The van der Waals surface area contributed by atoms with E-state index in [0.29, 0.717) is 12.3 Å². The summed E-state index contributed by atoms with van der Waals surface area (Å²) in [5.41, 5.74) is 0.680. The smallest absolute Gasteiger partial charge is 0.225 e. The molecule has 3 nitrogen and oxygen atoms in total. The van der Waals surface area contributed by atoms with Crippen molar-refractivity contribution in [3.63, 3.8) is 0 Å². The molecule has 1 aromatic rings. The van der Waals surface area contributed by atoms with E-state index in [2.05, 4.69) is 10.6 Å². The Bertz CT molecular complexity index is 496. The van der Waals surface area contributed by atoms with Crippen LogP contribution in [0.5, 0.6) is 0 Å². The highest BCUT2D eigenvalue weighted by Gasteiger charge is 2.27. The highest BCUT2D eigenvalue weighted by Crippen LogP contribution is 2.24. The van der Waals surface area contributed by atoms with Crippen LogP contribution in [-0.4, -0.2) is 25.5 Å². The molecule has 2 N–H and O–H groups in total. The maximum atomic E-state index is 12.4. The molecule has 0 radical (unpaired) electrons. The number of piperidine rings is 1. The monoisotopic (exact) mass is 322 g/mol. The maximum Gasteiger partial charge on any atom is 0.225 e. The Labute approximate surface area is 138 Å². The van der Waals surface area contributed by atoms with Crippen LogP contribution in [0.4, 0.5) is 0 Å². The molecule has 4 heteroatoms. The van der Waals surface area contributed by atoms with Gasteiger partial charge < -0.3 is 10.6 Å². The van der Waals surface area contributed by atoms with E-state index in [1.165, 1.54) is 12.8 Å². The standard InChI is InChI=1S/C18H27ClN2O/c1-18(2,12-15-5-3-7-16(19)11-15)17(22)21-10-8-14-6-4-9-20-13-14/h3,5,7,11,14,20H,4,6,8-10,12-13H2,1-2H3,(H,21,22). The minimum Gasteiger partial charge on any atom is -0.356 e. The van der Waals surface area contributed by atoms with Crippen LogP contribution in [0, 0.1) is 11.3 Å². The summed E-state index contributed by atoms with van der Waals surface area (Å²) in [4.78, 5) is 12.4. The molecular weight excluding hydrogens is 296 g/mol. The summed E-state index contributed by atoms with van der Waals surface area (Å²) in [5, 5.41) is 7.24. The first kappa shape index (κ1) is 17.3. The molecule has 122 valence electrons. The van der Waals surface area contributed by atoms with Crippen LogP contribution >= 0.6 is 11.6 Å². The van der Waals surface area contributed by atoms with E-state index in [-0.39, 0.29) is 5.91 Å². The molecule has 22 heavy (non-hydrogen) atoms. The first-order valence-electron chi connectivity index (χ1n) is 8.21. The molecule has 1 fully saturated rings. The Morgan fingerprint density at radius 2 is 2.27 bits per heavy atom. The van der Waals surface area contributed by atoms with Gasteiger partial charge in [0.25, 0.3) is 0 Å². The van der Waals surface area contributed by atoms with Crippen LogP contribution in [0.15, 0.2) is 24.3 Å². The van der Waals surface area contributed by atoms with Crippen molar-refractivity contribution in [3.8, 4) is 0 Å². The van der Waals surface area contributed by atoms with Crippen molar-refractivity contribution >= 4 is 17.5 Å². The minimum atomic E-state index is -0.421. The fourth-order valence-electron chi connectivity index (χ4n) is 3.04. The van der Waals surface area contributed by atoms with E-state index >= 15 is 0 Å². The number of nitrogens with one attached hydrogen (secondary N) is 2. The lowest BCUT2D eigenvalue weighted by molar-refractivity contribution is -0.129. The Balaban J connectivity index is 1.79. The molecule has 1 aliphatic heterocycles. The summed E-state index contributed by atoms with van der Waals surface area (Å²) < 4.78 is 0. The molecule has 1 heterocycles. The third-order valence-corrected chi connectivity index (χ3v) is 4.62. The van der Waals surface area contributed by atoms with E-state index in [1.54, 1.807) is 0 Å². The summed E-state index contributed by atoms with van der Waals surface area (Å²) in [7, 11) is 0. The lowest BCUT2D eigenvalue weighted by atomic mass is 9.84. The number of halogens is 1. The molecule has 1 amide bonds. The molecule has 1 atom stereocenters. The lowest BCUT2D eigenvalue weighted by Crippen LogP contribution is -2.40. The van der Waals surface area contributed by atoms with Crippen molar-refractivity contribution in [2.75, 3.05) is 19.6 Å². The third kappa shape index (κ3) is 5.29. The van der Waals surface area contributed by atoms with Gasteiger partial charge in [-0.15, -0.1) is 0 Å². The summed E-state index contributed by atoms with van der Waals surface area (Å²) in [5.74, 6) is 0.821. The lowest BCUT2D eigenvalue weighted by Gasteiger charge is -2.26. The van der Waals surface area contributed by atoms with Crippen LogP contribution < -0.4 is 10.6 Å². The molecule has 1 aromatic carbocycles. The van der Waals surface area contributed by atoms with Crippen molar-refractivity contribution in [1.82, 2.24) is 10.6 Å². The van der Waals surface area contributed by atoms with Gasteiger partial charge in [0.05, 0.1) is 0 Å². The first-order valence-corrected chi connectivity index (χ1v) is 8.58. The molecule has 0 aliphatic carbocycles. The van der Waals surface area contributed by atoms with Crippen LogP contribution in [0.25, 0.3) is 0 Å². The fourth-order valence-corrected chi connectivity index (χ4v) is 3.25. The van der Waals surface area contributed by atoms with Crippen LogP contribution in [0.1, 0.15) is 38.7 Å². The van der Waals surface area contributed by atoms with Crippen molar-refractivity contribution < 1.29 is 4.79 Å². The number of amides is 1. The van der Waals surface area contributed by atoms with Crippen molar-refractivity contribution in [3.05, 3.63) is 34.9 Å². The molecule has 0 saturated carbocycles. The SMILES string of the molecule is CC(C)(Cc1cccc(Cl)c1)C(=O)NCCC1CCCNC1. The van der Waals surface area contributed by atoms with Crippen molar-refractivity contribution in [2.24, 2.45) is 11.3 Å². The second-order valence-corrected chi connectivity index (χ2v) is 7.38. The fraction of sp³-hybridized carbons (Fsp3) is 0.611. The van der Waals surface area contributed by atoms with Crippen LogP contribution in [0.2, 0.25) is 5.02 Å². The van der Waals surface area contributed by atoms with Gasteiger partial charge >= 0.3 is 0 Å². The van der Waals surface area contributed by atoms with E-state index in [4.69, 9.17) is 11.6 Å². The molecule has 0 bridgehead atoms. The quantitative estimate of drug-likeness (QED) is 0.842. The van der Waals surface area contributed by atoms with Crippen LogP contribution in [0.3, 0.4) is 0 Å². The zero-order valence-electron chi connectivity index (χ0n) is 13.6. The maximum absolute atomic E-state index is 12.4. The van der Waals surface area contributed by atoms with Gasteiger partial charge in [0, 0.05) is 17.0 Å². The summed E-state index contributed by atoms with van der Waals surface area (Å²) >= 11 is 6.02. The molecule has 0 spiro atoms. The number of carbonyl (C=O) groups is 1. The summed E-state index contributed by atoms with van der Waals surface area (Å²) in [6.07, 6.45) is 4.28. The Morgan fingerprint density at radius 1 is 1.45 bits per heavy atom. The second-order valence-electron chi connectivity index (χ2n) is 6.95. The predicted octanol–water partition coefficient (Wildman–Crippen LogP) is 3.41. The highest BCUT2D eigenvalue weighted by molar-refractivity contribution is 6.30. The average Bonchev–Trinajstić information content (AvgIpc) is 2.47. The van der Waals surface area contributed by atoms with Gasteiger partial charge in [-0.1, -0.05) is 37.6 Å². The minimum absolute atomic E-state index is 0.122. The van der Waals surface area contributed by atoms with E-state index < -0.39 is 5.41 Å². The van der Waals surface area contributed by atoms with Gasteiger partial charge in [0.15, 0.2) is 0 Å². The summed E-state index contributed by atoms with van der Waals surface area (Å²) in [6, 6.07) is 7.75. The molecule has 1 unspecified atom stereocenters. The Hall–Kier alpha value is -1.06. The zero-order valence-corrected chi connectivity index (χ0v) is 14.4. The number of benzene rings is 1. The molecular formula is C18H27ClN2O. The van der Waals surface area contributed by atoms with Crippen LogP contribution in [-0.2, 0) is 11.2 Å². The molecule has 1 aliphatic rings. The second kappa shape index (κ2) is 7.98. The third-order valence-electron chi connectivity index (χ3n) is 4.39. The largest absolute Gasteiger partial charge is 0.356 e. The molecule has 0 aromatic heterocycles. The highest BCUT2D eigenvalue weighted by atomic mass is 35.5. The molecule has 1 saturated heterocycles. The van der Waals surface area contributed by atoms with Crippen molar-refractivity contribution in [1.29, 1.82) is 0 Å². The number of rotatable bonds is 6. The topological polar surface area (TPSA) is 41.1 Å². The molecule has 2 rings (SSSR count). The Morgan fingerprint density at radius 3 is 2.95 bits per heavy atom. The van der Waals surface area contributed by atoms with Gasteiger partial charge in [-0.3, -0.25) is 4.79 Å². The van der Waals surface area contributed by atoms with Crippen molar-refractivity contribution in [2.45, 2.75) is 39.5 Å². The predicted molar refractivity (Wildman–Crippen MR) is 92.2 cm³/mol. The normalized spacial score (nSPS) is 19.0. The van der Waals surface area contributed by atoms with Gasteiger partial charge in [-0.25, -0.2) is 0 Å². The Kier molecular flexibility index (Phi) is 6.27. The van der Waals surface area contributed by atoms with E-state index in [0.717, 1.165) is 36.6 Å². The van der Waals surface area contributed by atoms with Gasteiger partial charge in [0.2, 0.25) is 5.91 Å². The van der Waals surface area contributed by atoms with E-state index in [1.807, 2.05) is 38.1 Å². The van der Waals surface area contributed by atoms with Gasteiger partial charge in [-0.2, -0.15) is 0 Å². The van der Waals surface area contributed by atoms with E-state index in [9.17, 15) is 4.79 Å². The zero-order chi connectivity index (χ0) is 16.0.